The Hall–Kier alpha value is -3.27. The third-order valence-corrected chi connectivity index (χ3v) is 5.65. The summed E-state index contributed by atoms with van der Waals surface area (Å²) >= 11 is 0. The molecule has 0 spiro atoms. The molecule has 0 radical (unpaired) electrons. The fourth-order valence-electron chi connectivity index (χ4n) is 3.74. The molecule has 1 aromatic rings. The van der Waals surface area contributed by atoms with Gasteiger partial charge in [-0.1, -0.05) is 12.7 Å². The SMILES string of the molecule is C=C/C(=C\C=C(/C)C(F)F)N(c1cnccc1C1CC1)C1CCN=C/C(C#N)=C\NCC1. The number of alkyl halides is 2. The monoisotopic (exact) mass is 437 g/mol. The fourth-order valence-corrected chi connectivity index (χ4v) is 3.74. The van der Waals surface area contributed by atoms with Crippen LogP contribution in [0.3, 0.4) is 0 Å². The average Bonchev–Trinajstić information content (AvgIpc) is 3.65. The molecule has 0 aromatic carbocycles. The number of nitriles is 1. The topological polar surface area (TPSA) is 64.3 Å². The Labute approximate surface area is 188 Å². The van der Waals surface area contributed by atoms with Gasteiger partial charge in [-0.25, -0.2) is 8.78 Å². The summed E-state index contributed by atoms with van der Waals surface area (Å²) in [4.78, 5) is 11.0. The van der Waals surface area contributed by atoms with Crippen molar-refractivity contribution in [2.24, 2.45) is 4.99 Å². The first kappa shape index (κ1) is 23.4. The van der Waals surface area contributed by atoms with Crippen LogP contribution in [0.25, 0.3) is 0 Å². The normalized spacial score (nSPS) is 21.8. The van der Waals surface area contributed by atoms with Gasteiger partial charge in [0.1, 0.15) is 6.07 Å². The number of nitrogens with one attached hydrogen (secondary N) is 1. The Balaban J connectivity index is 2.00. The van der Waals surface area contributed by atoms with Crippen LogP contribution in [0.4, 0.5) is 14.5 Å². The van der Waals surface area contributed by atoms with E-state index in [0.29, 0.717) is 24.6 Å². The van der Waals surface area contributed by atoms with Crippen LogP contribution in [0, 0.1) is 11.3 Å². The summed E-state index contributed by atoms with van der Waals surface area (Å²) in [5, 5.41) is 12.3. The van der Waals surface area contributed by atoms with Gasteiger partial charge in [-0.15, -0.1) is 0 Å². The zero-order valence-electron chi connectivity index (χ0n) is 18.3. The Kier molecular flexibility index (Phi) is 8.32. The first-order valence-electron chi connectivity index (χ1n) is 10.9. The van der Waals surface area contributed by atoms with Crippen LogP contribution in [0.15, 0.2) is 71.3 Å². The van der Waals surface area contributed by atoms with Crippen molar-refractivity contribution in [2.75, 3.05) is 18.0 Å². The lowest BCUT2D eigenvalue weighted by Gasteiger charge is -2.36. The minimum Gasteiger partial charge on any atom is -0.390 e. The standard InChI is InChI=1S/C25H29F2N5/c1-3-21(7-4-18(2)25(26)27)32(24-17-31-13-10-23(24)20-5-6-20)22-8-11-29-15-19(14-28)16-30-12-9-22/h3-4,7,10,13,15-17,20,22,25,29H,1,5-6,8-9,11-12H2,2H3/b18-4+,19-15-,21-7+,30-16?. The summed E-state index contributed by atoms with van der Waals surface area (Å²) < 4.78 is 26.2. The number of aliphatic imine (C=N–C) groups is 1. The van der Waals surface area contributed by atoms with Gasteiger partial charge in [-0.2, -0.15) is 5.26 Å². The number of allylic oxidation sites excluding steroid dienone is 5. The van der Waals surface area contributed by atoms with E-state index >= 15 is 0 Å². The van der Waals surface area contributed by atoms with Gasteiger partial charge in [0.25, 0.3) is 6.43 Å². The third-order valence-electron chi connectivity index (χ3n) is 5.65. The molecular weight excluding hydrogens is 408 g/mol. The van der Waals surface area contributed by atoms with Gasteiger partial charge in [0.05, 0.1) is 17.5 Å². The summed E-state index contributed by atoms with van der Waals surface area (Å²) in [7, 11) is 0. The quantitative estimate of drug-likeness (QED) is 0.590. The van der Waals surface area contributed by atoms with Crippen molar-refractivity contribution >= 4 is 11.9 Å². The van der Waals surface area contributed by atoms with Gasteiger partial charge >= 0.3 is 0 Å². The van der Waals surface area contributed by atoms with E-state index in [1.807, 2.05) is 6.20 Å². The van der Waals surface area contributed by atoms with Crippen LogP contribution in [-0.2, 0) is 0 Å². The maximum Gasteiger partial charge on any atom is 0.259 e. The smallest absolute Gasteiger partial charge is 0.259 e. The Morgan fingerprint density at radius 1 is 1.31 bits per heavy atom. The maximum absolute atomic E-state index is 13.1. The molecule has 5 nitrogen and oxygen atoms in total. The van der Waals surface area contributed by atoms with E-state index in [0.717, 1.165) is 37.1 Å². The Morgan fingerprint density at radius 2 is 2.12 bits per heavy atom. The summed E-state index contributed by atoms with van der Waals surface area (Å²) in [6, 6.07) is 4.21. The average molecular weight is 438 g/mol. The van der Waals surface area contributed by atoms with Gasteiger partial charge in [0.2, 0.25) is 0 Å². The van der Waals surface area contributed by atoms with E-state index in [9.17, 15) is 8.78 Å². The lowest BCUT2D eigenvalue weighted by molar-refractivity contribution is 0.190. The Bertz CT molecular complexity index is 967. The molecule has 168 valence electrons. The molecule has 32 heavy (non-hydrogen) atoms. The van der Waals surface area contributed by atoms with Gasteiger partial charge < -0.3 is 10.2 Å². The molecule has 1 atom stereocenters. The number of pyridine rings is 1. The maximum atomic E-state index is 13.1. The molecule has 3 rings (SSSR count). The van der Waals surface area contributed by atoms with Crippen LogP contribution in [0.1, 0.15) is 44.1 Å². The zero-order chi connectivity index (χ0) is 22.9. The number of aromatic nitrogens is 1. The van der Waals surface area contributed by atoms with Crippen LogP contribution in [-0.4, -0.2) is 36.8 Å². The predicted molar refractivity (Wildman–Crippen MR) is 125 cm³/mol. The van der Waals surface area contributed by atoms with Crippen LogP contribution >= 0.6 is 0 Å². The van der Waals surface area contributed by atoms with Crippen molar-refractivity contribution < 1.29 is 8.78 Å². The van der Waals surface area contributed by atoms with Gasteiger partial charge in [-0.05, 0) is 67.9 Å². The van der Waals surface area contributed by atoms with Crippen molar-refractivity contribution in [3.05, 3.63) is 71.9 Å². The number of hydrogen-bond acceptors (Lipinski definition) is 5. The number of rotatable bonds is 7. The van der Waals surface area contributed by atoms with E-state index in [1.54, 1.807) is 30.8 Å². The number of halogens is 2. The molecule has 2 heterocycles. The molecule has 1 aromatic heterocycles. The molecule has 2 aliphatic rings. The van der Waals surface area contributed by atoms with Gasteiger partial charge in [0, 0.05) is 43.4 Å². The molecule has 7 heteroatoms. The minimum atomic E-state index is -2.50. The molecule has 1 N–H and O–H groups in total. The van der Waals surface area contributed by atoms with Gasteiger partial charge in [0.15, 0.2) is 0 Å². The van der Waals surface area contributed by atoms with Crippen molar-refractivity contribution in [2.45, 2.75) is 51.0 Å². The van der Waals surface area contributed by atoms with Crippen molar-refractivity contribution in [1.82, 2.24) is 10.3 Å². The third kappa shape index (κ3) is 6.13. The highest BCUT2D eigenvalue weighted by Gasteiger charge is 2.30. The van der Waals surface area contributed by atoms with Crippen LogP contribution in [0.5, 0.6) is 0 Å². The first-order valence-corrected chi connectivity index (χ1v) is 10.9. The van der Waals surface area contributed by atoms with Crippen molar-refractivity contribution in [3.63, 3.8) is 0 Å². The summed E-state index contributed by atoms with van der Waals surface area (Å²) in [6.07, 6.45) is 13.1. The molecule has 1 fully saturated rings. The highest BCUT2D eigenvalue weighted by molar-refractivity contribution is 5.83. The molecule has 0 saturated heterocycles. The molecule has 0 amide bonds. The van der Waals surface area contributed by atoms with E-state index in [4.69, 9.17) is 5.26 Å². The number of nitrogens with zero attached hydrogens (tertiary/aromatic N) is 4. The van der Waals surface area contributed by atoms with Crippen LogP contribution < -0.4 is 10.2 Å². The van der Waals surface area contributed by atoms with E-state index in [2.05, 4.69) is 38.9 Å². The highest BCUT2D eigenvalue weighted by Crippen LogP contribution is 2.45. The second-order valence-electron chi connectivity index (χ2n) is 8.02. The summed E-state index contributed by atoms with van der Waals surface area (Å²) in [5.41, 5.74) is 3.46. The molecule has 1 aliphatic heterocycles. The van der Waals surface area contributed by atoms with E-state index < -0.39 is 6.43 Å². The lowest BCUT2D eigenvalue weighted by atomic mass is 10.0. The predicted octanol–water partition coefficient (Wildman–Crippen LogP) is 5.28. The molecule has 1 saturated carbocycles. The van der Waals surface area contributed by atoms with Crippen molar-refractivity contribution in [1.29, 1.82) is 5.26 Å². The van der Waals surface area contributed by atoms with E-state index in [-0.39, 0.29) is 11.6 Å². The minimum absolute atomic E-state index is 0.00398. The number of hydrogen-bond donors (Lipinski definition) is 1. The largest absolute Gasteiger partial charge is 0.390 e. The second kappa shape index (κ2) is 11.4. The second-order valence-corrected chi connectivity index (χ2v) is 8.02. The fraction of sp³-hybridized carbons (Fsp3) is 0.400. The first-order chi connectivity index (χ1) is 15.5. The zero-order valence-corrected chi connectivity index (χ0v) is 18.3. The summed E-state index contributed by atoms with van der Waals surface area (Å²) in [6.45, 7) is 6.61. The molecule has 1 unspecified atom stereocenters. The highest BCUT2D eigenvalue weighted by atomic mass is 19.3. The molecule has 0 bridgehead atoms. The summed E-state index contributed by atoms with van der Waals surface area (Å²) in [5.74, 6) is 0.497. The van der Waals surface area contributed by atoms with Crippen LogP contribution in [0.2, 0.25) is 0 Å². The lowest BCUT2D eigenvalue weighted by Crippen LogP contribution is -2.37. The molecular formula is C25H29F2N5. The van der Waals surface area contributed by atoms with E-state index in [1.165, 1.54) is 18.6 Å². The van der Waals surface area contributed by atoms with Crippen molar-refractivity contribution in [3.8, 4) is 6.07 Å². The van der Waals surface area contributed by atoms with Gasteiger partial charge in [-0.3, -0.25) is 9.98 Å². The Morgan fingerprint density at radius 3 is 2.81 bits per heavy atom. The molecule has 1 aliphatic carbocycles. The number of anilines is 1.